The first-order valence-electron chi connectivity index (χ1n) is 5.91. The molecular formula is C15H18N2O. The van der Waals surface area contributed by atoms with E-state index in [1.807, 2.05) is 32.9 Å². The zero-order chi connectivity index (χ0) is 13.3. The Bertz CT molecular complexity index is 591. The molecule has 0 amide bonds. The largest absolute Gasteiger partial charge is 0.496 e. The van der Waals surface area contributed by atoms with Gasteiger partial charge >= 0.3 is 0 Å². The fraction of sp³-hybridized carbons (Fsp3) is 0.267. The van der Waals surface area contributed by atoms with Crippen molar-refractivity contribution in [1.82, 2.24) is 4.98 Å². The van der Waals surface area contributed by atoms with Crippen LogP contribution in [0.25, 0.3) is 11.3 Å². The van der Waals surface area contributed by atoms with Gasteiger partial charge in [0.1, 0.15) is 5.75 Å². The van der Waals surface area contributed by atoms with Gasteiger partial charge in [0.25, 0.3) is 0 Å². The molecule has 0 saturated carbocycles. The van der Waals surface area contributed by atoms with E-state index in [9.17, 15) is 0 Å². The fourth-order valence-corrected chi connectivity index (χ4v) is 2.16. The first kappa shape index (κ1) is 12.4. The van der Waals surface area contributed by atoms with Crippen molar-refractivity contribution >= 4 is 5.69 Å². The van der Waals surface area contributed by atoms with Gasteiger partial charge in [0.05, 0.1) is 18.5 Å². The minimum Gasteiger partial charge on any atom is -0.496 e. The van der Waals surface area contributed by atoms with Crippen LogP contribution in [0.2, 0.25) is 0 Å². The van der Waals surface area contributed by atoms with Crippen molar-refractivity contribution < 1.29 is 4.74 Å². The zero-order valence-electron chi connectivity index (χ0n) is 11.2. The second-order valence-corrected chi connectivity index (χ2v) is 4.55. The van der Waals surface area contributed by atoms with Gasteiger partial charge < -0.3 is 10.5 Å². The van der Waals surface area contributed by atoms with Gasteiger partial charge in [-0.25, -0.2) is 0 Å². The predicted octanol–water partition coefficient (Wildman–Crippen LogP) is 3.26. The smallest absolute Gasteiger partial charge is 0.128 e. The molecule has 2 rings (SSSR count). The van der Waals surface area contributed by atoms with Gasteiger partial charge in [0, 0.05) is 11.8 Å². The molecule has 0 aliphatic rings. The number of hydrogen-bond donors (Lipinski definition) is 1. The van der Waals surface area contributed by atoms with E-state index in [1.165, 1.54) is 5.56 Å². The summed E-state index contributed by atoms with van der Waals surface area (Å²) in [6, 6.07) is 6.03. The highest BCUT2D eigenvalue weighted by Crippen LogP contribution is 2.36. The number of anilines is 1. The van der Waals surface area contributed by atoms with E-state index in [-0.39, 0.29) is 0 Å². The van der Waals surface area contributed by atoms with Crippen LogP contribution >= 0.6 is 0 Å². The normalized spacial score (nSPS) is 10.4. The van der Waals surface area contributed by atoms with Crippen molar-refractivity contribution in [2.75, 3.05) is 12.8 Å². The molecule has 0 saturated heterocycles. The van der Waals surface area contributed by atoms with Crippen molar-refractivity contribution in [1.29, 1.82) is 0 Å². The molecule has 2 aromatic rings. The minimum absolute atomic E-state index is 0.711. The highest BCUT2D eigenvalue weighted by Gasteiger charge is 2.14. The number of nitrogens with zero attached hydrogens (tertiary/aromatic N) is 1. The number of nitrogen functional groups attached to an aromatic ring is 1. The molecule has 1 aromatic heterocycles. The maximum Gasteiger partial charge on any atom is 0.128 e. The lowest BCUT2D eigenvalue weighted by Crippen LogP contribution is -2.00. The Morgan fingerprint density at radius 2 is 1.83 bits per heavy atom. The van der Waals surface area contributed by atoms with Crippen molar-refractivity contribution in [3.05, 3.63) is 41.1 Å². The average molecular weight is 242 g/mol. The molecule has 0 bridgehead atoms. The molecule has 0 unspecified atom stereocenters. The van der Waals surface area contributed by atoms with E-state index in [1.54, 1.807) is 13.3 Å². The highest BCUT2D eigenvalue weighted by atomic mass is 16.5. The van der Waals surface area contributed by atoms with Gasteiger partial charge in [-0.05, 0) is 49.6 Å². The Labute approximate surface area is 108 Å². The molecule has 1 aromatic carbocycles. The molecule has 0 spiro atoms. The van der Waals surface area contributed by atoms with E-state index in [4.69, 9.17) is 10.5 Å². The molecular weight excluding hydrogens is 224 g/mol. The molecule has 18 heavy (non-hydrogen) atoms. The SMILES string of the molecule is COc1cc(C)cc(C)c1-c1nccc(C)c1N. The summed E-state index contributed by atoms with van der Waals surface area (Å²) in [6.45, 7) is 6.08. The molecule has 1 heterocycles. The van der Waals surface area contributed by atoms with Gasteiger partial charge in [0.2, 0.25) is 0 Å². The first-order chi connectivity index (χ1) is 8.54. The Hall–Kier alpha value is -2.03. The summed E-state index contributed by atoms with van der Waals surface area (Å²) in [4.78, 5) is 4.40. The van der Waals surface area contributed by atoms with Crippen LogP contribution in [0, 0.1) is 20.8 Å². The summed E-state index contributed by atoms with van der Waals surface area (Å²) in [5.41, 5.74) is 11.9. The lowest BCUT2D eigenvalue weighted by Gasteiger charge is -2.15. The van der Waals surface area contributed by atoms with Crippen molar-refractivity contribution in [2.45, 2.75) is 20.8 Å². The number of pyridine rings is 1. The highest BCUT2D eigenvalue weighted by molar-refractivity contribution is 5.81. The number of hydrogen-bond acceptors (Lipinski definition) is 3. The molecule has 94 valence electrons. The van der Waals surface area contributed by atoms with E-state index in [2.05, 4.69) is 11.1 Å². The monoisotopic (exact) mass is 242 g/mol. The van der Waals surface area contributed by atoms with Crippen LogP contribution in [-0.2, 0) is 0 Å². The summed E-state index contributed by atoms with van der Waals surface area (Å²) in [6.07, 6.45) is 1.78. The van der Waals surface area contributed by atoms with Crippen LogP contribution in [0.15, 0.2) is 24.4 Å². The Balaban J connectivity index is 2.74. The Kier molecular flexibility index (Phi) is 3.24. The standard InChI is InChI=1S/C15H18N2O/c1-9-7-11(3)13(12(8-9)18-4)15-14(16)10(2)5-6-17-15/h5-8H,16H2,1-4H3. The van der Waals surface area contributed by atoms with Gasteiger partial charge in [-0.15, -0.1) is 0 Å². The quantitative estimate of drug-likeness (QED) is 0.879. The lowest BCUT2D eigenvalue weighted by molar-refractivity contribution is 0.415. The van der Waals surface area contributed by atoms with Crippen molar-refractivity contribution in [2.24, 2.45) is 0 Å². The third kappa shape index (κ3) is 2.04. The molecule has 0 aliphatic heterocycles. The number of methoxy groups -OCH3 is 1. The third-order valence-corrected chi connectivity index (χ3v) is 3.11. The van der Waals surface area contributed by atoms with Gasteiger partial charge in [-0.2, -0.15) is 0 Å². The average Bonchev–Trinajstić information content (AvgIpc) is 2.32. The minimum atomic E-state index is 0.711. The maximum absolute atomic E-state index is 6.13. The number of nitrogens with two attached hydrogens (primary N) is 1. The van der Waals surface area contributed by atoms with Crippen LogP contribution in [0.4, 0.5) is 5.69 Å². The molecule has 3 nitrogen and oxygen atoms in total. The Morgan fingerprint density at radius 3 is 2.50 bits per heavy atom. The van der Waals surface area contributed by atoms with Crippen molar-refractivity contribution in [3.8, 4) is 17.0 Å². The second kappa shape index (κ2) is 4.69. The van der Waals surface area contributed by atoms with Crippen LogP contribution in [0.5, 0.6) is 5.75 Å². The number of benzene rings is 1. The summed E-state index contributed by atoms with van der Waals surface area (Å²) in [5.74, 6) is 0.817. The lowest BCUT2D eigenvalue weighted by atomic mass is 9.99. The molecule has 2 N–H and O–H groups in total. The second-order valence-electron chi connectivity index (χ2n) is 4.55. The molecule has 0 aliphatic carbocycles. The van der Waals surface area contributed by atoms with Gasteiger partial charge in [-0.3, -0.25) is 4.98 Å². The molecule has 0 fully saturated rings. The van der Waals surface area contributed by atoms with E-state index < -0.39 is 0 Å². The Morgan fingerprint density at radius 1 is 1.11 bits per heavy atom. The topological polar surface area (TPSA) is 48.1 Å². The van der Waals surface area contributed by atoms with Gasteiger partial charge in [0.15, 0.2) is 0 Å². The van der Waals surface area contributed by atoms with Crippen LogP contribution < -0.4 is 10.5 Å². The summed E-state index contributed by atoms with van der Waals surface area (Å²) < 4.78 is 5.46. The molecule has 3 heteroatoms. The maximum atomic E-state index is 6.13. The van der Waals surface area contributed by atoms with E-state index >= 15 is 0 Å². The zero-order valence-corrected chi connectivity index (χ0v) is 11.2. The number of aromatic nitrogens is 1. The molecule has 0 radical (unpaired) electrons. The number of rotatable bonds is 2. The van der Waals surface area contributed by atoms with Crippen molar-refractivity contribution in [3.63, 3.8) is 0 Å². The summed E-state index contributed by atoms with van der Waals surface area (Å²) >= 11 is 0. The fourth-order valence-electron chi connectivity index (χ4n) is 2.16. The first-order valence-corrected chi connectivity index (χ1v) is 5.91. The predicted molar refractivity (Wildman–Crippen MR) is 74.8 cm³/mol. The van der Waals surface area contributed by atoms with E-state index in [0.29, 0.717) is 5.69 Å². The van der Waals surface area contributed by atoms with Crippen LogP contribution in [-0.4, -0.2) is 12.1 Å². The third-order valence-electron chi connectivity index (χ3n) is 3.11. The molecule has 0 atom stereocenters. The van der Waals surface area contributed by atoms with Crippen LogP contribution in [0.1, 0.15) is 16.7 Å². The summed E-state index contributed by atoms with van der Waals surface area (Å²) in [7, 11) is 1.67. The summed E-state index contributed by atoms with van der Waals surface area (Å²) in [5, 5.41) is 0. The number of aryl methyl sites for hydroxylation is 3. The van der Waals surface area contributed by atoms with Crippen LogP contribution in [0.3, 0.4) is 0 Å². The van der Waals surface area contributed by atoms with Gasteiger partial charge in [-0.1, -0.05) is 6.07 Å². The number of ether oxygens (including phenoxy) is 1. The van der Waals surface area contributed by atoms with E-state index in [0.717, 1.165) is 28.1 Å².